The molecule has 4 aromatic rings. The van der Waals surface area contributed by atoms with Gasteiger partial charge in [-0.05, 0) is 62.2 Å². The summed E-state index contributed by atoms with van der Waals surface area (Å²) in [6.07, 6.45) is 0. The van der Waals surface area contributed by atoms with E-state index in [-0.39, 0.29) is 22.7 Å². The van der Waals surface area contributed by atoms with Crippen LogP contribution in [0.5, 0.6) is 5.75 Å². The number of aromatic nitrogens is 2. The number of rotatable bonds is 8. The Hall–Kier alpha value is -4.18. The molecule has 0 radical (unpaired) electrons. The van der Waals surface area contributed by atoms with Gasteiger partial charge in [0, 0.05) is 0 Å². The lowest BCUT2D eigenvalue weighted by Gasteiger charge is -2.16. The molecule has 1 N–H and O–H groups in total. The molecule has 0 aliphatic rings. The van der Waals surface area contributed by atoms with Crippen LogP contribution in [0.25, 0.3) is 16.6 Å². The topological polar surface area (TPSA) is 116 Å². The maximum atomic E-state index is 13.5. The third-order valence-electron chi connectivity index (χ3n) is 5.65. The Balaban J connectivity index is 1.66. The van der Waals surface area contributed by atoms with Gasteiger partial charge in [0.25, 0.3) is 11.2 Å². The average Bonchev–Trinajstić information content (AvgIpc) is 2.86. The molecule has 9 nitrogen and oxygen atoms in total. The molecule has 0 fully saturated rings. The van der Waals surface area contributed by atoms with Crippen LogP contribution < -0.4 is 15.6 Å². The average molecular weight is 505 g/mol. The summed E-state index contributed by atoms with van der Waals surface area (Å²) in [4.78, 5) is 41.9. The molecule has 0 aliphatic heterocycles. The maximum Gasteiger partial charge on any atom is 0.296 e. The standard InChI is InChI=1S/C26H24N4O5S/c1-4-35-18-12-13-21(23(14-18)30(33)34)27-24(31)15-36-26-28-20-10-6-5-9-19(20)25(32)29(26)22-11-7-8-16(2)17(22)3/h5-14H,4,15H2,1-3H3,(H,27,31). The van der Waals surface area contributed by atoms with Crippen molar-refractivity contribution in [2.24, 2.45) is 0 Å². The summed E-state index contributed by atoms with van der Waals surface area (Å²) < 4.78 is 6.84. The Bertz CT molecular complexity index is 1530. The smallest absolute Gasteiger partial charge is 0.296 e. The molecule has 3 aromatic carbocycles. The van der Waals surface area contributed by atoms with E-state index < -0.39 is 10.8 Å². The van der Waals surface area contributed by atoms with Crippen LogP contribution in [-0.2, 0) is 4.79 Å². The van der Waals surface area contributed by atoms with Gasteiger partial charge in [-0.2, -0.15) is 0 Å². The number of anilines is 1. The first kappa shape index (κ1) is 24.9. The predicted molar refractivity (Wildman–Crippen MR) is 140 cm³/mol. The highest BCUT2D eigenvalue weighted by Gasteiger charge is 2.20. The van der Waals surface area contributed by atoms with Gasteiger partial charge in [0.2, 0.25) is 5.91 Å². The fourth-order valence-electron chi connectivity index (χ4n) is 3.74. The molecule has 1 amide bonds. The summed E-state index contributed by atoms with van der Waals surface area (Å²) in [5.41, 5.74) is 2.71. The van der Waals surface area contributed by atoms with Crippen LogP contribution in [0.2, 0.25) is 0 Å². The van der Waals surface area contributed by atoms with E-state index in [0.29, 0.717) is 34.1 Å². The molecule has 10 heteroatoms. The van der Waals surface area contributed by atoms with Crippen molar-refractivity contribution in [1.29, 1.82) is 0 Å². The van der Waals surface area contributed by atoms with E-state index in [0.717, 1.165) is 22.9 Å². The van der Waals surface area contributed by atoms with Crippen molar-refractivity contribution < 1.29 is 14.5 Å². The number of aryl methyl sites for hydroxylation is 1. The molecule has 0 saturated heterocycles. The molecule has 184 valence electrons. The predicted octanol–water partition coefficient (Wildman–Crippen LogP) is 5.04. The highest BCUT2D eigenvalue weighted by Crippen LogP contribution is 2.30. The number of hydrogen-bond donors (Lipinski definition) is 1. The van der Waals surface area contributed by atoms with Gasteiger partial charge in [-0.15, -0.1) is 0 Å². The van der Waals surface area contributed by atoms with Crippen molar-refractivity contribution in [1.82, 2.24) is 9.55 Å². The number of nitrogens with one attached hydrogen (secondary N) is 1. The number of fused-ring (bicyclic) bond motifs is 1. The highest BCUT2D eigenvalue weighted by atomic mass is 32.2. The Morgan fingerprint density at radius 2 is 1.92 bits per heavy atom. The number of carbonyl (C=O) groups excluding carboxylic acids is 1. The number of carbonyl (C=O) groups is 1. The van der Waals surface area contributed by atoms with E-state index in [4.69, 9.17) is 4.74 Å². The lowest BCUT2D eigenvalue weighted by Crippen LogP contribution is -2.23. The summed E-state index contributed by atoms with van der Waals surface area (Å²) in [6.45, 7) is 6.03. The first-order valence-electron chi connectivity index (χ1n) is 11.2. The van der Waals surface area contributed by atoms with Crippen LogP contribution in [0.3, 0.4) is 0 Å². The molecular weight excluding hydrogens is 480 g/mol. The van der Waals surface area contributed by atoms with Gasteiger partial charge in [0.1, 0.15) is 11.4 Å². The number of nitro groups is 1. The van der Waals surface area contributed by atoms with Crippen molar-refractivity contribution >= 4 is 39.9 Å². The molecule has 0 bridgehead atoms. The number of thioether (sulfide) groups is 1. The van der Waals surface area contributed by atoms with E-state index >= 15 is 0 Å². The normalized spacial score (nSPS) is 10.9. The fraction of sp³-hybridized carbons (Fsp3) is 0.192. The third kappa shape index (κ3) is 5.08. The minimum atomic E-state index is -0.575. The zero-order valence-electron chi connectivity index (χ0n) is 20.0. The second-order valence-corrected chi connectivity index (χ2v) is 8.92. The lowest BCUT2D eigenvalue weighted by atomic mass is 10.1. The molecule has 0 unspecified atom stereocenters. The lowest BCUT2D eigenvalue weighted by molar-refractivity contribution is -0.384. The van der Waals surface area contributed by atoms with Crippen molar-refractivity contribution in [2.45, 2.75) is 25.9 Å². The SMILES string of the molecule is CCOc1ccc(NC(=O)CSc2nc3ccccc3c(=O)n2-c2cccc(C)c2C)c([N+](=O)[O-])c1. The molecule has 0 aliphatic carbocycles. The number of para-hydroxylation sites is 1. The first-order valence-corrected chi connectivity index (χ1v) is 12.2. The highest BCUT2D eigenvalue weighted by molar-refractivity contribution is 7.99. The van der Waals surface area contributed by atoms with Crippen molar-refractivity contribution in [3.63, 3.8) is 0 Å². The monoisotopic (exact) mass is 504 g/mol. The zero-order chi connectivity index (χ0) is 25.8. The van der Waals surface area contributed by atoms with E-state index in [1.807, 2.05) is 32.0 Å². The van der Waals surface area contributed by atoms with Crippen LogP contribution in [0.4, 0.5) is 11.4 Å². The van der Waals surface area contributed by atoms with Gasteiger partial charge in [0.05, 0.1) is 39.9 Å². The van der Waals surface area contributed by atoms with E-state index in [1.54, 1.807) is 37.3 Å². The van der Waals surface area contributed by atoms with Crippen LogP contribution >= 0.6 is 11.8 Å². The molecule has 4 rings (SSSR count). The number of amides is 1. The number of ether oxygens (including phenoxy) is 1. The van der Waals surface area contributed by atoms with Crippen molar-refractivity contribution in [2.75, 3.05) is 17.7 Å². The van der Waals surface area contributed by atoms with E-state index in [1.165, 1.54) is 16.7 Å². The van der Waals surface area contributed by atoms with Crippen LogP contribution in [0.15, 0.2) is 70.6 Å². The second-order valence-electron chi connectivity index (χ2n) is 7.98. The molecule has 36 heavy (non-hydrogen) atoms. The fourth-order valence-corrected chi connectivity index (χ4v) is 4.55. The quantitative estimate of drug-likeness (QED) is 0.155. The number of hydrogen-bond acceptors (Lipinski definition) is 7. The molecule has 0 atom stereocenters. The van der Waals surface area contributed by atoms with Gasteiger partial charge >= 0.3 is 0 Å². The number of benzene rings is 3. The van der Waals surface area contributed by atoms with Crippen LogP contribution in [-0.4, -0.2) is 32.7 Å². The summed E-state index contributed by atoms with van der Waals surface area (Å²) in [7, 11) is 0. The molecule has 0 saturated carbocycles. The Kier molecular flexibility index (Phi) is 7.35. The van der Waals surface area contributed by atoms with Crippen LogP contribution in [0.1, 0.15) is 18.1 Å². The Morgan fingerprint density at radius 3 is 2.67 bits per heavy atom. The van der Waals surface area contributed by atoms with E-state index in [9.17, 15) is 19.7 Å². The first-order chi connectivity index (χ1) is 17.3. The summed E-state index contributed by atoms with van der Waals surface area (Å²) in [5, 5.41) is 14.9. The zero-order valence-corrected chi connectivity index (χ0v) is 20.8. The van der Waals surface area contributed by atoms with Gasteiger partial charge < -0.3 is 10.1 Å². The van der Waals surface area contributed by atoms with E-state index in [2.05, 4.69) is 10.3 Å². The Labute approximate surface area is 211 Å². The summed E-state index contributed by atoms with van der Waals surface area (Å²) in [6, 6.07) is 17.0. The van der Waals surface area contributed by atoms with Crippen LogP contribution in [0, 0.1) is 24.0 Å². The van der Waals surface area contributed by atoms with Gasteiger partial charge in [-0.25, -0.2) is 4.98 Å². The molecular formula is C26H24N4O5S. The largest absolute Gasteiger partial charge is 0.494 e. The third-order valence-corrected chi connectivity index (χ3v) is 6.58. The van der Waals surface area contributed by atoms with Gasteiger partial charge in [-0.1, -0.05) is 36.0 Å². The second kappa shape index (κ2) is 10.6. The number of nitrogens with zero attached hydrogens (tertiary/aromatic N) is 3. The van der Waals surface area contributed by atoms with Gasteiger partial charge in [-0.3, -0.25) is 24.3 Å². The minimum absolute atomic E-state index is 0.0624. The summed E-state index contributed by atoms with van der Waals surface area (Å²) >= 11 is 1.08. The number of nitro benzene ring substituents is 1. The maximum absolute atomic E-state index is 13.5. The molecule has 0 spiro atoms. The van der Waals surface area contributed by atoms with Crippen molar-refractivity contribution in [3.05, 3.63) is 92.3 Å². The van der Waals surface area contributed by atoms with Gasteiger partial charge in [0.15, 0.2) is 5.16 Å². The Morgan fingerprint density at radius 1 is 1.14 bits per heavy atom. The van der Waals surface area contributed by atoms with Crippen molar-refractivity contribution in [3.8, 4) is 11.4 Å². The molecule has 1 heterocycles. The minimum Gasteiger partial charge on any atom is -0.494 e. The molecule has 1 aromatic heterocycles. The summed E-state index contributed by atoms with van der Waals surface area (Å²) in [5.74, 6) is -0.239.